The quantitative estimate of drug-likeness (QED) is 0.256. The molecule has 2 aromatic heterocycles. The van der Waals surface area contributed by atoms with Crippen molar-refractivity contribution >= 4 is 88.4 Å². The number of hydrogen-bond donors (Lipinski definition) is 2. The van der Waals surface area contributed by atoms with Crippen LogP contribution >= 0.6 is 46.1 Å². The normalized spacial score (nSPS) is 15.2. The van der Waals surface area contributed by atoms with E-state index in [2.05, 4.69) is 0 Å². The smallest absolute Gasteiger partial charge is 0.284 e. The van der Waals surface area contributed by atoms with Crippen LogP contribution in [0.15, 0.2) is 22.4 Å². The van der Waals surface area contributed by atoms with Crippen molar-refractivity contribution < 1.29 is 39.7 Å². The minimum Gasteiger partial charge on any atom is -0.438 e. The molecule has 0 amide bonds. The van der Waals surface area contributed by atoms with E-state index >= 15 is 0 Å². The zero-order chi connectivity index (χ0) is 26.4. The number of furan rings is 1. The van der Waals surface area contributed by atoms with Crippen molar-refractivity contribution in [3.05, 3.63) is 44.0 Å². The maximum Gasteiger partial charge on any atom is 0.284 e. The predicted molar refractivity (Wildman–Crippen MR) is 139 cm³/mol. The molecular weight excluding hydrogens is 599 g/mol. The third kappa shape index (κ3) is 6.10. The Morgan fingerprint density at radius 3 is 2.39 bits per heavy atom. The van der Waals surface area contributed by atoms with Gasteiger partial charge in [-0.2, -0.15) is 21.4 Å². The molecule has 1 aromatic carbocycles. The van der Waals surface area contributed by atoms with Crippen LogP contribution in [0, 0.1) is 6.92 Å². The first-order valence-electron chi connectivity index (χ1n) is 10.4. The zero-order valence-corrected chi connectivity index (χ0v) is 23.3. The molecule has 0 unspecified atom stereocenters. The summed E-state index contributed by atoms with van der Waals surface area (Å²) in [5, 5.41) is 1.16. The van der Waals surface area contributed by atoms with Crippen molar-refractivity contribution in [2.24, 2.45) is 0 Å². The molecular formula is C20H20Cl3N2O8S3+. The van der Waals surface area contributed by atoms with Gasteiger partial charge < -0.3 is 14.1 Å². The zero-order valence-electron chi connectivity index (χ0n) is 18.6. The van der Waals surface area contributed by atoms with E-state index in [0.29, 0.717) is 37.6 Å². The lowest BCUT2D eigenvalue weighted by Crippen LogP contribution is -2.36. The number of hydrogen-bond acceptors (Lipinski definition) is 8. The Morgan fingerprint density at radius 1 is 1.06 bits per heavy atom. The van der Waals surface area contributed by atoms with Gasteiger partial charge in [-0.25, -0.2) is 0 Å². The highest BCUT2D eigenvalue weighted by Gasteiger charge is 2.32. The van der Waals surface area contributed by atoms with Crippen LogP contribution in [0.1, 0.15) is 23.4 Å². The second-order valence-corrected chi connectivity index (χ2v) is 13.3. The predicted octanol–water partition coefficient (Wildman–Crippen LogP) is 4.80. The third-order valence-electron chi connectivity index (χ3n) is 5.33. The van der Waals surface area contributed by atoms with Crippen LogP contribution in [-0.4, -0.2) is 44.0 Å². The van der Waals surface area contributed by atoms with Gasteiger partial charge in [0.25, 0.3) is 36.0 Å². The first-order chi connectivity index (χ1) is 16.7. The first kappa shape index (κ1) is 27.5. The van der Waals surface area contributed by atoms with Crippen LogP contribution in [0.3, 0.4) is 0 Å². The number of aromatic nitrogens is 1. The van der Waals surface area contributed by atoms with Gasteiger partial charge in [0.2, 0.25) is 11.1 Å². The summed E-state index contributed by atoms with van der Waals surface area (Å²) in [5.41, 5.74) is 1.86. The van der Waals surface area contributed by atoms with Crippen LogP contribution in [-0.2, 0) is 26.8 Å². The number of benzene rings is 1. The number of nitrogens with zero attached hydrogens (tertiary/aromatic N) is 2. The van der Waals surface area contributed by atoms with E-state index in [-0.39, 0.29) is 36.4 Å². The summed E-state index contributed by atoms with van der Waals surface area (Å²) in [6.45, 7) is 2.17. The summed E-state index contributed by atoms with van der Waals surface area (Å²) >= 11 is 20.0. The Morgan fingerprint density at radius 2 is 1.72 bits per heavy atom. The summed E-state index contributed by atoms with van der Waals surface area (Å²) < 4.78 is 76.8. The summed E-state index contributed by atoms with van der Waals surface area (Å²) in [7, 11) is -8.33. The number of anilines is 1. The molecule has 0 bridgehead atoms. The van der Waals surface area contributed by atoms with Gasteiger partial charge in [-0.05, 0) is 54.2 Å². The van der Waals surface area contributed by atoms with Gasteiger partial charge in [0.15, 0.2) is 17.0 Å². The average molecular weight is 619 g/mol. The molecule has 2 N–H and O–H groups in total. The van der Waals surface area contributed by atoms with Crippen molar-refractivity contribution in [2.45, 2.75) is 26.3 Å². The molecule has 36 heavy (non-hydrogen) atoms. The highest BCUT2D eigenvalue weighted by Crippen LogP contribution is 2.43. The molecule has 1 aliphatic heterocycles. The molecule has 0 fully saturated rings. The Hall–Kier alpha value is -1.58. The molecule has 0 radical (unpaired) electrons. The minimum atomic E-state index is -4.17. The van der Waals surface area contributed by atoms with Crippen molar-refractivity contribution in [3.63, 3.8) is 0 Å². The van der Waals surface area contributed by atoms with Crippen molar-refractivity contribution in [1.29, 1.82) is 0 Å². The molecule has 4 rings (SSSR count). The van der Waals surface area contributed by atoms with Crippen LogP contribution < -0.4 is 14.2 Å². The molecule has 1 aliphatic rings. The molecule has 10 nitrogen and oxygen atoms in total. The van der Waals surface area contributed by atoms with Gasteiger partial charge in [0.05, 0.1) is 23.3 Å². The summed E-state index contributed by atoms with van der Waals surface area (Å²) in [6.07, 6.45) is 1.87. The topological polar surface area (TPSA) is 138 Å². The van der Waals surface area contributed by atoms with E-state index in [9.17, 15) is 16.8 Å². The lowest BCUT2D eigenvalue weighted by Gasteiger charge is -2.18. The number of aryl methyl sites for hydroxylation is 2. The standard InChI is InChI=1S/C20H19Cl3N2O8S3/c1-11-8-14-13(9-12(11)21)24(4-2-6-35(26,27)28)15(32-14)10-16-25(5-3-7-36(29,30)31)17-18(34-16)20(23)33-19(17)22/h8-10H,2-7H2,1H3,(H-,26,27,28,29,30,31)/p+1. The fraction of sp³-hybridized carbons (Fsp3) is 0.350. The third-order valence-corrected chi connectivity index (χ3v) is 9.11. The maximum atomic E-state index is 11.2. The monoisotopic (exact) mass is 617 g/mol. The van der Waals surface area contributed by atoms with Crippen LogP contribution in [0.2, 0.25) is 15.5 Å². The number of ether oxygens (including phenoxy) is 1. The van der Waals surface area contributed by atoms with Gasteiger partial charge in [-0.1, -0.05) is 22.9 Å². The van der Waals surface area contributed by atoms with E-state index < -0.39 is 31.7 Å². The molecule has 0 aliphatic carbocycles. The average Bonchev–Trinajstić information content (AvgIpc) is 3.34. The van der Waals surface area contributed by atoms with E-state index in [0.717, 1.165) is 5.56 Å². The van der Waals surface area contributed by atoms with E-state index in [4.69, 9.17) is 53.1 Å². The second kappa shape index (κ2) is 10.3. The highest BCUT2D eigenvalue weighted by atomic mass is 35.5. The molecule has 3 heterocycles. The van der Waals surface area contributed by atoms with E-state index in [1.807, 2.05) is 6.92 Å². The van der Waals surface area contributed by atoms with Crippen molar-refractivity contribution in [2.75, 3.05) is 23.0 Å². The van der Waals surface area contributed by atoms with Gasteiger partial charge in [-0.3, -0.25) is 9.11 Å². The SMILES string of the molecule is Cc1cc2c(cc1Cl)N(CCCS(=O)(=O)O)/C(=C\c1sc3c(Cl)oc(Cl)c3[n+]1CCCS(=O)(=O)O)O2. The van der Waals surface area contributed by atoms with Gasteiger partial charge in [0, 0.05) is 18.0 Å². The Kier molecular flexibility index (Phi) is 7.85. The largest absolute Gasteiger partial charge is 0.438 e. The molecule has 196 valence electrons. The highest BCUT2D eigenvalue weighted by molar-refractivity contribution is 7.86. The molecule has 0 atom stereocenters. The fourth-order valence-corrected chi connectivity index (χ4v) is 6.63. The van der Waals surface area contributed by atoms with Crippen molar-refractivity contribution in [1.82, 2.24) is 0 Å². The fourth-order valence-electron chi connectivity index (χ4n) is 3.75. The maximum absolute atomic E-state index is 11.2. The summed E-state index contributed by atoms with van der Waals surface area (Å²) in [5.74, 6) is -0.0488. The van der Waals surface area contributed by atoms with Crippen LogP contribution in [0.4, 0.5) is 5.69 Å². The van der Waals surface area contributed by atoms with Crippen molar-refractivity contribution in [3.8, 4) is 5.75 Å². The first-order valence-corrected chi connectivity index (χ1v) is 15.6. The molecule has 3 aromatic rings. The molecule has 0 saturated heterocycles. The van der Waals surface area contributed by atoms with Crippen LogP contribution in [0.25, 0.3) is 16.3 Å². The molecule has 16 heteroatoms. The molecule has 0 saturated carbocycles. The summed E-state index contributed by atoms with van der Waals surface area (Å²) in [4.78, 5) is 1.73. The number of fused-ring (bicyclic) bond motifs is 2. The Bertz CT molecular complexity index is 1580. The van der Waals surface area contributed by atoms with E-state index in [1.54, 1.807) is 27.7 Å². The molecule has 0 spiro atoms. The Balaban J connectivity index is 1.76. The van der Waals surface area contributed by atoms with Gasteiger partial charge in [0.1, 0.15) is 0 Å². The lowest BCUT2D eigenvalue weighted by molar-refractivity contribution is -0.668. The van der Waals surface area contributed by atoms with Gasteiger partial charge >= 0.3 is 0 Å². The number of rotatable bonds is 9. The number of halogens is 3. The number of thiazole rings is 1. The minimum absolute atomic E-state index is 0.0193. The second-order valence-electron chi connectivity index (χ2n) is 8.00. The Labute approximate surface area is 226 Å². The van der Waals surface area contributed by atoms with Crippen LogP contribution in [0.5, 0.6) is 5.75 Å². The van der Waals surface area contributed by atoms with E-state index in [1.165, 1.54) is 11.3 Å². The lowest BCUT2D eigenvalue weighted by atomic mass is 10.2. The summed E-state index contributed by atoms with van der Waals surface area (Å²) in [6, 6.07) is 3.46. The van der Waals surface area contributed by atoms with Gasteiger partial charge in [-0.15, -0.1) is 0 Å².